The first-order valence-corrected chi connectivity index (χ1v) is 25.0. The second kappa shape index (κ2) is 16.0. The Morgan fingerprint density at radius 3 is 0.833 bits per heavy atom. The Labute approximate surface area is 382 Å². The lowest BCUT2D eigenvalue weighted by Gasteiger charge is -2.17. The molecule has 0 atom stereocenters. The summed E-state index contributed by atoms with van der Waals surface area (Å²) < 4.78 is 87.0. The lowest BCUT2D eigenvalue weighted by atomic mass is 9.87. The van der Waals surface area contributed by atoms with Gasteiger partial charge in [0, 0.05) is 34.7 Å². The normalized spacial score (nSPS) is 12.2. The maximum absolute atomic E-state index is 13.9. The Hall–Kier alpha value is -7.77. The van der Waals surface area contributed by atoms with Crippen molar-refractivity contribution in [2.24, 2.45) is 0 Å². The van der Waals surface area contributed by atoms with Crippen LogP contribution < -0.4 is 0 Å². The molecular formula is C54H39N3O6S3. The van der Waals surface area contributed by atoms with Crippen LogP contribution in [0, 0.1) is 0 Å². The van der Waals surface area contributed by atoms with Crippen LogP contribution in [0.1, 0.15) is 33.4 Å². The first-order chi connectivity index (χ1) is 31.8. The summed E-state index contributed by atoms with van der Waals surface area (Å²) in [6, 6.07) is 52.3. The molecule has 10 aromatic rings. The molecule has 7 aromatic carbocycles. The predicted molar refractivity (Wildman–Crippen MR) is 264 cm³/mol. The average Bonchev–Trinajstić information content (AvgIpc) is 4.12. The van der Waals surface area contributed by atoms with E-state index >= 15 is 0 Å². The molecule has 3 heterocycles. The summed E-state index contributed by atoms with van der Waals surface area (Å²) >= 11 is 0. The highest BCUT2D eigenvalue weighted by Gasteiger charge is 2.24. The van der Waals surface area contributed by atoms with Gasteiger partial charge in [0.15, 0.2) is 0 Å². The zero-order valence-electron chi connectivity index (χ0n) is 35.2. The summed E-state index contributed by atoms with van der Waals surface area (Å²) in [7, 11) is -11.8. The molecule has 0 aliphatic carbocycles. The fraction of sp³-hybridized carbons (Fsp3) is 0. The minimum Gasteiger partial charge on any atom is -0.241 e. The van der Waals surface area contributed by atoms with Crippen molar-refractivity contribution in [3.63, 3.8) is 0 Å². The van der Waals surface area contributed by atoms with Gasteiger partial charge in [-0.25, -0.2) is 37.2 Å². The van der Waals surface area contributed by atoms with Gasteiger partial charge in [-0.05, 0) is 141 Å². The van der Waals surface area contributed by atoms with Crippen LogP contribution >= 0.6 is 0 Å². The molecule has 0 unspecified atom stereocenters. The molecule has 9 nitrogen and oxygen atoms in total. The van der Waals surface area contributed by atoms with Gasteiger partial charge in [-0.1, -0.05) is 111 Å². The Kier molecular flexibility index (Phi) is 10.3. The number of aromatic nitrogens is 3. The van der Waals surface area contributed by atoms with E-state index < -0.39 is 30.1 Å². The van der Waals surface area contributed by atoms with Crippen molar-refractivity contribution < 1.29 is 25.3 Å². The van der Waals surface area contributed by atoms with Gasteiger partial charge in [-0.3, -0.25) is 0 Å². The van der Waals surface area contributed by atoms with Crippen LogP contribution in [0.25, 0.3) is 49.4 Å². The molecular weight excluding hydrogens is 883 g/mol. The maximum atomic E-state index is 13.9. The van der Waals surface area contributed by atoms with Crippen molar-refractivity contribution in [3.8, 4) is 0 Å². The van der Waals surface area contributed by atoms with Gasteiger partial charge < -0.3 is 0 Å². The lowest BCUT2D eigenvalue weighted by Crippen LogP contribution is -2.11. The highest BCUT2D eigenvalue weighted by atomic mass is 32.2. The zero-order valence-corrected chi connectivity index (χ0v) is 37.6. The van der Waals surface area contributed by atoms with Crippen molar-refractivity contribution in [2.45, 2.75) is 14.7 Å². The number of hydrogen-bond donors (Lipinski definition) is 0. The number of rotatable bonds is 12. The Bertz CT molecular complexity index is 3540. The molecule has 0 spiro atoms. The molecule has 0 bridgehead atoms. The van der Waals surface area contributed by atoms with Crippen molar-refractivity contribution in [2.75, 3.05) is 0 Å². The summed E-state index contributed by atoms with van der Waals surface area (Å²) in [6.07, 6.45) is 4.64. The Morgan fingerprint density at radius 2 is 0.576 bits per heavy atom. The van der Waals surface area contributed by atoms with Gasteiger partial charge in [0.25, 0.3) is 30.1 Å². The molecule has 324 valence electrons. The standard InChI is InChI=1S/C54H39N3O6S3/c1-37(46-22-13-25-52-49(46)28-31-55(52)64(58,59)43-16-7-4-8-17-43)40-34-41(38(2)47-23-14-26-53-50(47)29-32-56(53)65(60,61)44-18-9-5-10-19-44)36-42(35-40)39(3)48-24-15-27-54-51(48)30-33-57(54)66(62,63)45-20-11-6-12-21-45/h4-36H,1-3H2. The molecule has 0 saturated heterocycles. The van der Waals surface area contributed by atoms with Crippen LogP contribution in [0.2, 0.25) is 0 Å². The fourth-order valence-electron chi connectivity index (χ4n) is 8.58. The Morgan fingerprint density at radius 1 is 0.318 bits per heavy atom. The van der Waals surface area contributed by atoms with E-state index in [1.807, 2.05) is 36.4 Å². The summed E-state index contributed by atoms with van der Waals surface area (Å²) in [5.41, 5.74) is 7.36. The lowest BCUT2D eigenvalue weighted by molar-refractivity contribution is 0.587. The molecule has 66 heavy (non-hydrogen) atoms. The van der Waals surface area contributed by atoms with E-state index in [4.69, 9.17) is 0 Å². The number of benzene rings is 7. The van der Waals surface area contributed by atoms with Gasteiger partial charge in [0.05, 0.1) is 31.2 Å². The van der Waals surface area contributed by atoms with E-state index in [0.29, 0.717) is 82.8 Å². The second-order valence-electron chi connectivity index (χ2n) is 15.7. The van der Waals surface area contributed by atoms with E-state index in [1.165, 1.54) is 11.9 Å². The second-order valence-corrected chi connectivity index (χ2v) is 21.2. The Balaban J connectivity index is 1.12. The zero-order chi connectivity index (χ0) is 46.0. The average molecular weight is 922 g/mol. The van der Waals surface area contributed by atoms with Crippen molar-refractivity contribution in [3.05, 3.63) is 254 Å². The third-order valence-electron chi connectivity index (χ3n) is 11.9. The molecule has 0 saturated carbocycles. The predicted octanol–water partition coefficient (Wildman–Crippen LogP) is 11.4. The highest BCUT2D eigenvalue weighted by Crippen LogP contribution is 2.39. The van der Waals surface area contributed by atoms with Gasteiger partial charge in [-0.2, -0.15) is 0 Å². The fourth-order valence-corrected chi connectivity index (χ4v) is 12.7. The van der Waals surface area contributed by atoms with E-state index in [-0.39, 0.29) is 14.7 Å². The first kappa shape index (κ1) is 42.2. The van der Waals surface area contributed by atoms with Crippen molar-refractivity contribution >= 4 is 79.5 Å². The molecule has 0 aliphatic rings. The maximum Gasteiger partial charge on any atom is 0.268 e. The van der Waals surface area contributed by atoms with Gasteiger partial charge in [-0.15, -0.1) is 0 Å². The summed E-state index contributed by atoms with van der Waals surface area (Å²) in [5.74, 6) is 0. The summed E-state index contributed by atoms with van der Waals surface area (Å²) in [6.45, 7) is 13.7. The number of hydrogen-bond acceptors (Lipinski definition) is 6. The van der Waals surface area contributed by atoms with Crippen LogP contribution in [0.5, 0.6) is 0 Å². The third-order valence-corrected chi connectivity index (χ3v) is 17.1. The van der Waals surface area contributed by atoms with Crippen molar-refractivity contribution in [1.82, 2.24) is 11.9 Å². The first-order valence-electron chi connectivity index (χ1n) is 20.7. The number of nitrogens with zero attached hydrogens (tertiary/aromatic N) is 3. The van der Waals surface area contributed by atoms with Crippen molar-refractivity contribution in [1.29, 1.82) is 0 Å². The van der Waals surface area contributed by atoms with E-state index in [1.54, 1.807) is 164 Å². The monoisotopic (exact) mass is 921 g/mol. The van der Waals surface area contributed by atoms with Crippen LogP contribution in [0.3, 0.4) is 0 Å². The molecule has 0 fully saturated rings. The van der Waals surface area contributed by atoms with E-state index in [9.17, 15) is 25.3 Å². The molecule has 0 aliphatic heterocycles. The van der Waals surface area contributed by atoms with Crippen LogP contribution in [0.4, 0.5) is 0 Å². The molecule has 0 N–H and O–H groups in total. The van der Waals surface area contributed by atoms with E-state index in [0.717, 1.165) is 0 Å². The molecule has 0 amide bonds. The topological polar surface area (TPSA) is 117 Å². The highest BCUT2D eigenvalue weighted by molar-refractivity contribution is 7.90. The smallest absolute Gasteiger partial charge is 0.241 e. The van der Waals surface area contributed by atoms with Crippen LogP contribution in [-0.2, 0) is 30.1 Å². The number of fused-ring (bicyclic) bond motifs is 3. The minimum absolute atomic E-state index is 0.159. The van der Waals surface area contributed by atoms with E-state index in [2.05, 4.69) is 19.7 Å². The molecule has 0 radical (unpaired) electrons. The SMILES string of the molecule is C=C(c1cc(C(=C)c2cccc3c2ccn3S(=O)(=O)c2ccccc2)cc(C(=C)c2cccc3c2ccn3S(=O)(=O)c2ccccc2)c1)c1cccc2c1ccn2S(=O)(=O)c1ccccc1. The van der Waals surface area contributed by atoms with Crippen LogP contribution in [0.15, 0.2) is 235 Å². The van der Waals surface area contributed by atoms with Gasteiger partial charge >= 0.3 is 0 Å². The summed E-state index contributed by atoms with van der Waals surface area (Å²) in [4.78, 5) is 0.478. The molecule has 12 heteroatoms. The molecule has 10 rings (SSSR count). The third kappa shape index (κ3) is 6.94. The largest absolute Gasteiger partial charge is 0.268 e. The minimum atomic E-state index is -3.92. The summed E-state index contributed by atoms with van der Waals surface area (Å²) in [5, 5.41) is 2.01. The molecule has 3 aromatic heterocycles. The van der Waals surface area contributed by atoms with Gasteiger partial charge in [0.1, 0.15) is 0 Å². The van der Waals surface area contributed by atoms with Crippen LogP contribution in [-0.4, -0.2) is 37.2 Å². The van der Waals surface area contributed by atoms with Gasteiger partial charge in [0.2, 0.25) is 0 Å². The quantitative estimate of drug-likeness (QED) is 0.120.